The maximum absolute atomic E-state index is 14.2. The largest absolute Gasteiger partial charge is 0.544 e. The van der Waals surface area contributed by atoms with E-state index < -0.39 is 29.6 Å². The van der Waals surface area contributed by atoms with Crippen LogP contribution in [0.4, 0.5) is 8.78 Å². The lowest BCUT2D eigenvalue weighted by Crippen LogP contribution is -2.47. The second-order valence-corrected chi connectivity index (χ2v) is 8.49. The maximum Gasteiger partial charge on any atom is 0.338 e. The zero-order chi connectivity index (χ0) is 22.7. The van der Waals surface area contributed by atoms with Crippen molar-refractivity contribution >= 4 is 11.9 Å². The number of aliphatic carboxylic acids is 1. The summed E-state index contributed by atoms with van der Waals surface area (Å²) in [7, 11) is 0. The van der Waals surface area contributed by atoms with Crippen LogP contribution in [0.25, 0.3) is 0 Å². The number of carboxylic acids is 1. The van der Waals surface area contributed by atoms with Gasteiger partial charge in [-0.3, -0.25) is 0 Å². The van der Waals surface area contributed by atoms with Crippen LogP contribution in [0.2, 0.25) is 0 Å². The van der Waals surface area contributed by atoms with Gasteiger partial charge >= 0.3 is 11.9 Å². The van der Waals surface area contributed by atoms with E-state index in [0.717, 1.165) is 0 Å². The molecule has 0 N–H and O–H groups in total. The number of alkyl halides is 2. The molecule has 1 unspecified atom stereocenters. The van der Waals surface area contributed by atoms with Crippen LogP contribution in [-0.2, 0) is 9.53 Å². The van der Waals surface area contributed by atoms with Crippen LogP contribution in [0.15, 0.2) is 54.6 Å². The van der Waals surface area contributed by atoms with Gasteiger partial charge in [-0.1, -0.05) is 51.1 Å². The Kier molecular flexibility index (Phi) is 6.54. The van der Waals surface area contributed by atoms with Gasteiger partial charge in [-0.25, -0.2) is 4.79 Å². The minimum atomic E-state index is -4.41. The molecule has 0 saturated heterocycles. The highest BCUT2D eigenvalue weighted by Crippen LogP contribution is 2.36. The molecule has 2 rings (SSSR count). The number of carbonyl (C=O) groups excluding carboxylic acids is 2. The van der Waals surface area contributed by atoms with E-state index in [9.17, 15) is 23.5 Å². The predicted octanol–water partition coefficient (Wildman–Crippen LogP) is 4.17. The lowest BCUT2D eigenvalue weighted by molar-refractivity contribution is -0.336. The third-order valence-corrected chi connectivity index (χ3v) is 5.20. The Morgan fingerprint density at radius 2 is 1.43 bits per heavy atom. The summed E-state index contributed by atoms with van der Waals surface area (Å²) >= 11 is 0. The predicted molar refractivity (Wildman–Crippen MR) is 105 cm³/mol. The molecule has 0 spiro atoms. The first-order valence-electron chi connectivity index (χ1n) is 9.40. The van der Waals surface area contributed by atoms with Gasteiger partial charge in [0.05, 0.1) is 5.56 Å². The monoisotopic (exact) mass is 419 g/mol. The fourth-order valence-electron chi connectivity index (χ4n) is 2.37. The van der Waals surface area contributed by atoms with Crippen molar-refractivity contribution in [3.8, 4) is 5.75 Å². The fraction of sp³-hybridized carbons (Fsp3) is 0.391. The molecule has 0 amide bonds. The summed E-state index contributed by atoms with van der Waals surface area (Å²) in [6, 6.07) is 12.7. The van der Waals surface area contributed by atoms with E-state index in [1.807, 2.05) is 34.6 Å². The summed E-state index contributed by atoms with van der Waals surface area (Å²) in [6.45, 7) is 9.95. The third-order valence-electron chi connectivity index (χ3n) is 5.20. The van der Waals surface area contributed by atoms with E-state index in [-0.39, 0.29) is 16.5 Å². The standard InChI is InChI=1S/C23H26F2O5/c1-21(2,3)22(4,5)30-17-13-11-16(12-14-17)19(26)29-18(23(24,25)20(27)28)15-9-7-6-8-10-15/h6-14,18H,1-5H3,(H,27,28)/p-1. The van der Waals surface area contributed by atoms with Gasteiger partial charge < -0.3 is 19.4 Å². The van der Waals surface area contributed by atoms with Crippen molar-refractivity contribution in [1.29, 1.82) is 0 Å². The Morgan fingerprint density at radius 1 is 0.900 bits per heavy atom. The number of esters is 1. The number of rotatable bonds is 7. The van der Waals surface area contributed by atoms with Gasteiger partial charge in [-0.05, 0) is 43.7 Å². The number of benzene rings is 2. The summed E-state index contributed by atoms with van der Waals surface area (Å²) in [6.07, 6.45) is -2.33. The Balaban J connectivity index is 2.23. The molecule has 0 heterocycles. The summed E-state index contributed by atoms with van der Waals surface area (Å²) < 4.78 is 39.2. The van der Waals surface area contributed by atoms with Crippen LogP contribution < -0.4 is 9.84 Å². The van der Waals surface area contributed by atoms with Crippen molar-refractivity contribution in [2.24, 2.45) is 5.41 Å². The highest BCUT2D eigenvalue weighted by molar-refractivity contribution is 5.90. The Bertz CT molecular complexity index is 884. The molecule has 0 bridgehead atoms. The number of carboxylic acid groups (broad SMARTS) is 1. The molecule has 162 valence electrons. The minimum Gasteiger partial charge on any atom is -0.544 e. The Hall–Kier alpha value is -2.96. The molecule has 0 aromatic heterocycles. The number of carbonyl (C=O) groups is 2. The molecule has 5 nitrogen and oxygen atoms in total. The summed E-state index contributed by atoms with van der Waals surface area (Å²) in [5.41, 5.74) is -0.855. The topological polar surface area (TPSA) is 75.7 Å². The minimum absolute atomic E-state index is 0.0222. The molecule has 0 fully saturated rings. The van der Waals surface area contributed by atoms with Crippen LogP contribution in [0, 0.1) is 5.41 Å². The van der Waals surface area contributed by atoms with Crippen molar-refractivity contribution in [2.75, 3.05) is 0 Å². The molecule has 2 aromatic carbocycles. The van der Waals surface area contributed by atoms with Gasteiger partial charge in [-0.15, -0.1) is 0 Å². The molecule has 0 aliphatic rings. The summed E-state index contributed by atoms with van der Waals surface area (Å²) in [4.78, 5) is 23.4. The molecule has 0 radical (unpaired) electrons. The zero-order valence-electron chi connectivity index (χ0n) is 17.6. The van der Waals surface area contributed by atoms with Gasteiger partial charge in [0.2, 0.25) is 0 Å². The van der Waals surface area contributed by atoms with Gasteiger partial charge in [0.1, 0.15) is 17.3 Å². The highest BCUT2D eigenvalue weighted by Gasteiger charge is 2.45. The van der Waals surface area contributed by atoms with E-state index in [2.05, 4.69) is 0 Å². The first kappa shape index (κ1) is 23.3. The molecule has 0 aliphatic heterocycles. The molecule has 2 aromatic rings. The second kappa shape index (κ2) is 8.42. The molecule has 0 aliphatic carbocycles. The molecular weight excluding hydrogens is 394 g/mol. The first-order chi connectivity index (χ1) is 13.8. The van der Waals surface area contributed by atoms with Crippen LogP contribution >= 0.6 is 0 Å². The molecule has 7 heteroatoms. The third kappa shape index (κ3) is 5.14. The number of hydrogen-bond acceptors (Lipinski definition) is 5. The van der Waals surface area contributed by atoms with Crippen LogP contribution in [-0.4, -0.2) is 23.5 Å². The van der Waals surface area contributed by atoms with E-state index in [1.165, 1.54) is 48.5 Å². The highest BCUT2D eigenvalue weighted by atomic mass is 19.3. The van der Waals surface area contributed by atoms with Crippen LogP contribution in [0.3, 0.4) is 0 Å². The van der Waals surface area contributed by atoms with Crippen molar-refractivity contribution < 1.29 is 33.0 Å². The quantitative estimate of drug-likeness (QED) is 0.630. The molecule has 0 saturated carbocycles. The van der Waals surface area contributed by atoms with Crippen LogP contribution in [0.5, 0.6) is 5.75 Å². The average Bonchev–Trinajstić information content (AvgIpc) is 2.65. The summed E-state index contributed by atoms with van der Waals surface area (Å²) in [5, 5.41) is 10.9. The van der Waals surface area contributed by atoms with E-state index in [0.29, 0.717) is 5.75 Å². The molecular formula is C23H25F2O5-. The lowest BCUT2D eigenvalue weighted by atomic mass is 9.79. The van der Waals surface area contributed by atoms with Gasteiger partial charge in [0.15, 0.2) is 6.10 Å². The lowest BCUT2D eigenvalue weighted by Gasteiger charge is -2.39. The number of ether oxygens (including phenoxy) is 2. The smallest absolute Gasteiger partial charge is 0.338 e. The normalized spacial score (nSPS) is 13.4. The van der Waals surface area contributed by atoms with Crippen molar-refractivity contribution in [3.05, 3.63) is 65.7 Å². The van der Waals surface area contributed by atoms with Crippen LogP contribution in [0.1, 0.15) is 56.6 Å². The maximum atomic E-state index is 14.2. The van der Waals surface area contributed by atoms with Gasteiger partial charge in [0.25, 0.3) is 0 Å². The number of hydrogen-bond donors (Lipinski definition) is 0. The Morgan fingerprint density at radius 3 is 1.90 bits per heavy atom. The number of halogens is 2. The van der Waals surface area contributed by atoms with E-state index in [4.69, 9.17) is 9.47 Å². The fourth-order valence-corrected chi connectivity index (χ4v) is 2.37. The van der Waals surface area contributed by atoms with Crippen molar-refractivity contribution in [3.63, 3.8) is 0 Å². The average molecular weight is 419 g/mol. The summed E-state index contributed by atoms with van der Waals surface area (Å²) in [5.74, 6) is -7.63. The first-order valence-corrected chi connectivity index (χ1v) is 9.40. The molecule has 30 heavy (non-hydrogen) atoms. The SMILES string of the molecule is CC(C)(C)C(C)(C)Oc1ccc(C(=O)OC(c2ccccc2)C(F)(F)C(=O)[O-])cc1. The van der Waals surface area contributed by atoms with E-state index in [1.54, 1.807) is 6.07 Å². The molecule has 1 atom stereocenters. The second-order valence-electron chi connectivity index (χ2n) is 8.49. The zero-order valence-corrected chi connectivity index (χ0v) is 17.6. The Labute approximate surface area is 174 Å². The van der Waals surface area contributed by atoms with Crippen molar-refractivity contribution in [2.45, 2.75) is 52.2 Å². The van der Waals surface area contributed by atoms with Gasteiger partial charge in [0, 0.05) is 5.41 Å². The van der Waals surface area contributed by atoms with Crippen molar-refractivity contribution in [1.82, 2.24) is 0 Å². The van der Waals surface area contributed by atoms with E-state index >= 15 is 0 Å². The van der Waals surface area contributed by atoms with Gasteiger partial charge in [-0.2, -0.15) is 8.78 Å².